The maximum Gasteiger partial charge on any atom is 0.329 e. The lowest BCUT2D eigenvalue weighted by atomic mass is 9.99. The van der Waals surface area contributed by atoms with Crippen LogP contribution in [0.5, 0.6) is 0 Å². The highest BCUT2D eigenvalue weighted by Gasteiger charge is 2.32. The fourth-order valence-corrected chi connectivity index (χ4v) is 2.05. The number of aryl methyl sites for hydroxylation is 1. The standard InChI is InChI=1S/C17H20N2O4/c1-3-17(2,16(21)22)19-14(20)9-10-15-18-11-13(23-15)12-7-5-4-6-8-12/h4-8,11H,3,9-10H2,1-2H3,(H,19,20)(H,21,22). The van der Waals surface area contributed by atoms with E-state index in [-0.39, 0.29) is 12.3 Å². The van der Waals surface area contributed by atoms with Crippen LogP contribution < -0.4 is 5.32 Å². The Morgan fingerprint density at radius 2 is 2.00 bits per heavy atom. The van der Waals surface area contributed by atoms with E-state index >= 15 is 0 Å². The van der Waals surface area contributed by atoms with Gasteiger partial charge in [0.15, 0.2) is 11.7 Å². The second kappa shape index (κ2) is 7.09. The normalized spacial score (nSPS) is 13.3. The molecule has 6 nitrogen and oxygen atoms in total. The number of hydrogen-bond donors (Lipinski definition) is 2. The van der Waals surface area contributed by atoms with Crippen LogP contribution in [0.15, 0.2) is 40.9 Å². The number of nitrogens with zero attached hydrogens (tertiary/aromatic N) is 1. The zero-order chi connectivity index (χ0) is 16.9. The van der Waals surface area contributed by atoms with E-state index < -0.39 is 11.5 Å². The lowest BCUT2D eigenvalue weighted by Gasteiger charge is -2.24. The third-order valence-corrected chi connectivity index (χ3v) is 3.77. The van der Waals surface area contributed by atoms with Crippen molar-refractivity contribution in [3.63, 3.8) is 0 Å². The van der Waals surface area contributed by atoms with Crippen LogP contribution in [-0.2, 0) is 16.0 Å². The Labute approximate surface area is 134 Å². The monoisotopic (exact) mass is 316 g/mol. The summed E-state index contributed by atoms with van der Waals surface area (Å²) in [6.07, 6.45) is 2.37. The first-order chi connectivity index (χ1) is 10.9. The van der Waals surface area contributed by atoms with Crippen molar-refractivity contribution in [2.24, 2.45) is 0 Å². The maximum atomic E-state index is 11.9. The predicted molar refractivity (Wildman–Crippen MR) is 84.7 cm³/mol. The number of aliphatic carboxylic acids is 1. The minimum atomic E-state index is -1.25. The van der Waals surface area contributed by atoms with Gasteiger partial charge in [0.1, 0.15) is 5.54 Å². The van der Waals surface area contributed by atoms with Crippen molar-refractivity contribution in [2.75, 3.05) is 0 Å². The van der Waals surface area contributed by atoms with Crippen LogP contribution in [0.1, 0.15) is 32.6 Å². The van der Waals surface area contributed by atoms with E-state index in [0.29, 0.717) is 24.5 Å². The Kier molecular flexibility index (Phi) is 5.16. The highest BCUT2D eigenvalue weighted by atomic mass is 16.4. The average Bonchev–Trinajstić information content (AvgIpc) is 3.02. The van der Waals surface area contributed by atoms with Gasteiger partial charge >= 0.3 is 5.97 Å². The SMILES string of the molecule is CCC(C)(NC(=O)CCc1ncc(-c2ccccc2)o1)C(=O)O. The van der Waals surface area contributed by atoms with E-state index in [1.54, 1.807) is 13.1 Å². The molecule has 0 radical (unpaired) electrons. The van der Waals surface area contributed by atoms with Gasteiger partial charge < -0.3 is 14.8 Å². The molecule has 1 heterocycles. The number of carbonyl (C=O) groups excluding carboxylic acids is 1. The van der Waals surface area contributed by atoms with Gasteiger partial charge in [-0.1, -0.05) is 37.3 Å². The summed E-state index contributed by atoms with van der Waals surface area (Å²) in [6.45, 7) is 3.21. The van der Waals surface area contributed by atoms with Crippen molar-refractivity contribution in [2.45, 2.75) is 38.6 Å². The van der Waals surface area contributed by atoms with Crippen LogP contribution in [0, 0.1) is 0 Å². The Hall–Kier alpha value is -2.63. The molecule has 122 valence electrons. The molecule has 0 spiro atoms. The molecule has 0 saturated heterocycles. The summed E-state index contributed by atoms with van der Waals surface area (Å²) in [6, 6.07) is 9.55. The summed E-state index contributed by atoms with van der Waals surface area (Å²) in [5.74, 6) is -0.287. The number of nitrogens with one attached hydrogen (secondary N) is 1. The number of carboxylic acid groups (broad SMARTS) is 1. The number of carbonyl (C=O) groups is 2. The highest BCUT2D eigenvalue weighted by molar-refractivity contribution is 5.86. The second-order valence-corrected chi connectivity index (χ2v) is 5.52. The van der Waals surface area contributed by atoms with Gasteiger partial charge in [0.25, 0.3) is 0 Å². The van der Waals surface area contributed by atoms with Crippen LogP contribution >= 0.6 is 0 Å². The third-order valence-electron chi connectivity index (χ3n) is 3.77. The van der Waals surface area contributed by atoms with Gasteiger partial charge in [0.2, 0.25) is 5.91 Å². The van der Waals surface area contributed by atoms with Crippen LogP contribution in [-0.4, -0.2) is 27.5 Å². The molecular weight excluding hydrogens is 296 g/mol. The minimum absolute atomic E-state index is 0.123. The van der Waals surface area contributed by atoms with Gasteiger partial charge in [0.05, 0.1) is 6.20 Å². The molecule has 23 heavy (non-hydrogen) atoms. The van der Waals surface area contributed by atoms with E-state index in [2.05, 4.69) is 10.3 Å². The summed E-state index contributed by atoms with van der Waals surface area (Å²) in [4.78, 5) is 27.3. The zero-order valence-corrected chi connectivity index (χ0v) is 13.2. The highest BCUT2D eigenvalue weighted by Crippen LogP contribution is 2.20. The lowest BCUT2D eigenvalue weighted by molar-refractivity contribution is -0.147. The summed E-state index contributed by atoms with van der Waals surface area (Å²) in [7, 11) is 0. The molecule has 2 N–H and O–H groups in total. The van der Waals surface area contributed by atoms with Crippen molar-refractivity contribution in [1.82, 2.24) is 10.3 Å². The van der Waals surface area contributed by atoms with Gasteiger partial charge in [-0.15, -0.1) is 0 Å². The molecule has 1 amide bonds. The summed E-state index contributed by atoms with van der Waals surface area (Å²) < 4.78 is 5.62. The van der Waals surface area contributed by atoms with Gasteiger partial charge in [-0.25, -0.2) is 9.78 Å². The van der Waals surface area contributed by atoms with E-state index in [0.717, 1.165) is 5.56 Å². The molecule has 6 heteroatoms. The smallest absolute Gasteiger partial charge is 0.329 e. The molecule has 0 bridgehead atoms. The van der Waals surface area contributed by atoms with Crippen LogP contribution in [0.2, 0.25) is 0 Å². The first-order valence-electron chi connectivity index (χ1n) is 7.49. The Morgan fingerprint density at radius 1 is 1.30 bits per heavy atom. The van der Waals surface area contributed by atoms with E-state index in [1.807, 2.05) is 30.3 Å². The van der Waals surface area contributed by atoms with E-state index in [1.165, 1.54) is 6.92 Å². The van der Waals surface area contributed by atoms with Crippen molar-refractivity contribution in [3.05, 3.63) is 42.4 Å². The number of amides is 1. The van der Waals surface area contributed by atoms with Crippen molar-refractivity contribution in [3.8, 4) is 11.3 Å². The number of carboxylic acids is 1. The number of aromatic nitrogens is 1. The Balaban J connectivity index is 1.93. The molecule has 1 unspecified atom stereocenters. The van der Waals surface area contributed by atoms with Gasteiger partial charge in [-0.3, -0.25) is 4.79 Å². The van der Waals surface area contributed by atoms with Gasteiger partial charge in [-0.05, 0) is 13.3 Å². The molecule has 0 aliphatic rings. The van der Waals surface area contributed by atoms with Crippen molar-refractivity contribution >= 4 is 11.9 Å². The fraction of sp³-hybridized carbons (Fsp3) is 0.353. The fourth-order valence-electron chi connectivity index (χ4n) is 2.05. The Morgan fingerprint density at radius 3 is 2.61 bits per heavy atom. The summed E-state index contributed by atoms with van der Waals surface area (Å²) >= 11 is 0. The predicted octanol–water partition coefficient (Wildman–Crippen LogP) is 2.64. The number of benzene rings is 1. The molecule has 2 aromatic rings. The van der Waals surface area contributed by atoms with Crippen LogP contribution in [0.3, 0.4) is 0 Å². The molecule has 1 atom stereocenters. The van der Waals surface area contributed by atoms with Gasteiger partial charge in [-0.2, -0.15) is 0 Å². The van der Waals surface area contributed by atoms with Crippen LogP contribution in [0.4, 0.5) is 0 Å². The van der Waals surface area contributed by atoms with E-state index in [9.17, 15) is 9.59 Å². The quantitative estimate of drug-likeness (QED) is 0.819. The number of hydrogen-bond acceptors (Lipinski definition) is 4. The molecule has 2 rings (SSSR count). The average molecular weight is 316 g/mol. The van der Waals surface area contributed by atoms with Gasteiger partial charge in [0, 0.05) is 18.4 Å². The minimum Gasteiger partial charge on any atom is -0.480 e. The molecule has 0 aliphatic carbocycles. The summed E-state index contributed by atoms with van der Waals surface area (Å²) in [5, 5.41) is 11.7. The summed E-state index contributed by atoms with van der Waals surface area (Å²) in [5.41, 5.74) is -0.330. The molecule has 0 aliphatic heterocycles. The largest absolute Gasteiger partial charge is 0.480 e. The maximum absolute atomic E-state index is 11.9. The first-order valence-corrected chi connectivity index (χ1v) is 7.49. The number of oxazole rings is 1. The molecular formula is C17H20N2O4. The topological polar surface area (TPSA) is 92.4 Å². The lowest BCUT2D eigenvalue weighted by Crippen LogP contribution is -2.51. The molecule has 0 saturated carbocycles. The molecule has 1 aromatic heterocycles. The van der Waals surface area contributed by atoms with Crippen LogP contribution in [0.25, 0.3) is 11.3 Å². The first kappa shape index (κ1) is 16.7. The second-order valence-electron chi connectivity index (χ2n) is 5.52. The van der Waals surface area contributed by atoms with Crippen molar-refractivity contribution in [1.29, 1.82) is 0 Å². The zero-order valence-electron chi connectivity index (χ0n) is 13.2. The van der Waals surface area contributed by atoms with E-state index in [4.69, 9.17) is 9.52 Å². The molecule has 0 fully saturated rings. The molecule has 1 aromatic carbocycles. The Bertz CT molecular complexity index is 681. The third kappa shape index (κ3) is 4.18. The number of rotatable bonds is 7. The van der Waals surface area contributed by atoms with Crippen molar-refractivity contribution < 1.29 is 19.1 Å².